The highest BCUT2D eigenvalue weighted by Gasteiger charge is 2.82. The molecule has 6 heteroatoms. The molecule has 1 fully saturated rings. The summed E-state index contributed by atoms with van der Waals surface area (Å²) >= 11 is 0. The van der Waals surface area contributed by atoms with Crippen LogP contribution in [0.3, 0.4) is 0 Å². The number of nitrogens with zero attached hydrogens (tertiary/aromatic N) is 3. The van der Waals surface area contributed by atoms with Crippen molar-refractivity contribution in [3.05, 3.63) is 77.4 Å². The fourth-order valence-corrected chi connectivity index (χ4v) is 6.40. The molecule has 1 aliphatic carbocycles. The number of Topliss-reactive ketones (excluding diaryl/α,β-unsaturated/α-hetero) is 1. The molecule has 3 aliphatic rings. The van der Waals surface area contributed by atoms with Crippen LogP contribution in [-0.4, -0.2) is 30.2 Å². The molecule has 0 aromatic heterocycles. The molecule has 3 aromatic carbocycles. The van der Waals surface area contributed by atoms with E-state index in [1.54, 1.807) is 36.2 Å². The minimum Gasteiger partial charge on any atom is -0.324 e. The van der Waals surface area contributed by atoms with E-state index in [2.05, 4.69) is 17.5 Å². The number of fused-ring (bicyclic) bond motifs is 4. The van der Waals surface area contributed by atoms with Crippen molar-refractivity contribution in [1.82, 2.24) is 4.90 Å². The van der Waals surface area contributed by atoms with Crippen LogP contribution in [0.4, 0.5) is 5.69 Å². The Hall–Kier alpha value is -4.00. The van der Waals surface area contributed by atoms with E-state index < -0.39 is 16.4 Å². The van der Waals surface area contributed by atoms with Gasteiger partial charge in [0.25, 0.3) is 5.91 Å². The Kier molecular flexibility index (Phi) is 3.09. The number of nitrogens with one attached hydrogen (secondary N) is 1. The largest absolute Gasteiger partial charge is 0.324 e. The molecule has 1 N–H and O–H groups in total. The van der Waals surface area contributed by atoms with Crippen molar-refractivity contribution in [2.75, 3.05) is 18.9 Å². The average molecular weight is 404 g/mol. The lowest BCUT2D eigenvalue weighted by atomic mass is 9.53. The minimum atomic E-state index is -1.75. The maximum Gasteiger partial charge on any atom is 0.251 e. The molecule has 31 heavy (non-hydrogen) atoms. The molecule has 2 aliphatic heterocycles. The zero-order valence-electron chi connectivity index (χ0n) is 16.6. The monoisotopic (exact) mass is 404 g/mol. The van der Waals surface area contributed by atoms with Gasteiger partial charge in [-0.15, -0.1) is 0 Å². The smallest absolute Gasteiger partial charge is 0.251 e. The van der Waals surface area contributed by atoms with Gasteiger partial charge in [-0.1, -0.05) is 54.6 Å². The normalized spacial score (nSPS) is 27.5. The van der Waals surface area contributed by atoms with Gasteiger partial charge in [0.05, 0.1) is 12.1 Å². The van der Waals surface area contributed by atoms with E-state index in [-0.39, 0.29) is 18.2 Å². The Bertz CT molecular complexity index is 1430. The van der Waals surface area contributed by atoms with Crippen molar-refractivity contribution < 1.29 is 9.59 Å². The SMILES string of the molecule is CN1CC(C#N)(C#N)[C@@]2(C(=O)c3cccc4cccc2c34)[C@]12C(=O)Nc1ccccc12. The van der Waals surface area contributed by atoms with Crippen LogP contribution in [0, 0.1) is 28.1 Å². The summed E-state index contributed by atoms with van der Waals surface area (Å²) in [5, 5.41) is 25.3. The number of likely N-dealkylation sites (tertiary alicyclic amines) is 1. The molecule has 0 saturated carbocycles. The van der Waals surface area contributed by atoms with Gasteiger partial charge in [-0.2, -0.15) is 10.5 Å². The summed E-state index contributed by atoms with van der Waals surface area (Å²) in [6.07, 6.45) is 0. The second-order valence-electron chi connectivity index (χ2n) is 8.48. The summed E-state index contributed by atoms with van der Waals surface area (Å²) in [6.45, 7) is -0.0299. The number of rotatable bonds is 0. The third kappa shape index (κ3) is 1.56. The zero-order valence-corrected chi connectivity index (χ0v) is 16.6. The predicted molar refractivity (Wildman–Crippen MR) is 113 cm³/mol. The van der Waals surface area contributed by atoms with Crippen LogP contribution >= 0.6 is 0 Å². The number of nitriles is 2. The zero-order chi connectivity index (χ0) is 21.6. The number of hydrogen-bond donors (Lipinski definition) is 1. The molecular formula is C25H16N4O2. The molecule has 6 rings (SSSR count). The first-order valence-corrected chi connectivity index (χ1v) is 10.0. The van der Waals surface area contributed by atoms with Gasteiger partial charge >= 0.3 is 0 Å². The van der Waals surface area contributed by atoms with Crippen LogP contribution in [0.1, 0.15) is 21.5 Å². The Labute approximate surface area is 178 Å². The Morgan fingerprint density at radius 1 is 0.935 bits per heavy atom. The third-order valence-electron chi connectivity index (χ3n) is 7.40. The minimum absolute atomic E-state index is 0.0299. The quantitative estimate of drug-likeness (QED) is 0.621. The van der Waals surface area contributed by atoms with Gasteiger partial charge in [-0.05, 0) is 29.4 Å². The highest BCUT2D eigenvalue weighted by atomic mass is 16.2. The summed E-state index contributed by atoms with van der Waals surface area (Å²) in [6, 6.07) is 22.6. The molecule has 0 radical (unpaired) electrons. The maximum atomic E-state index is 14.4. The van der Waals surface area contributed by atoms with Gasteiger partial charge in [0.2, 0.25) is 0 Å². The van der Waals surface area contributed by atoms with Gasteiger partial charge in [-0.25, -0.2) is 0 Å². The molecule has 3 aromatic rings. The van der Waals surface area contributed by atoms with E-state index in [1.807, 2.05) is 36.4 Å². The molecule has 2 spiro atoms. The Balaban J connectivity index is 1.88. The van der Waals surface area contributed by atoms with Gasteiger partial charge in [0.1, 0.15) is 11.0 Å². The van der Waals surface area contributed by atoms with Crippen molar-refractivity contribution in [2.24, 2.45) is 5.41 Å². The topological polar surface area (TPSA) is 97.0 Å². The highest BCUT2D eigenvalue weighted by Crippen LogP contribution is 2.68. The van der Waals surface area contributed by atoms with Crippen molar-refractivity contribution >= 4 is 28.2 Å². The van der Waals surface area contributed by atoms with E-state index in [0.717, 1.165) is 10.8 Å². The lowest BCUT2D eigenvalue weighted by Gasteiger charge is -2.44. The number of carbonyl (C=O) groups is 2. The number of hydrogen-bond acceptors (Lipinski definition) is 5. The van der Waals surface area contributed by atoms with Gasteiger partial charge in [0, 0.05) is 23.4 Å². The third-order valence-corrected chi connectivity index (χ3v) is 7.40. The van der Waals surface area contributed by atoms with Crippen molar-refractivity contribution in [1.29, 1.82) is 10.5 Å². The van der Waals surface area contributed by atoms with E-state index in [4.69, 9.17) is 0 Å². The Morgan fingerprint density at radius 2 is 1.61 bits per heavy atom. The standard InChI is InChI=1S/C25H16N4O2/c1-29-14-23(12-26,13-27)24(25(29)17-9-2-3-11-19(17)28-22(25)31)18-10-5-7-15-6-4-8-16(20(15)18)21(24)30/h2-11H,14H2,1H3,(H,28,31)/t24-,25+/m1/s1. The van der Waals surface area contributed by atoms with Crippen LogP contribution < -0.4 is 5.32 Å². The highest BCUT2D eigenvalue weighted by molar-refractivity contribution is 6.26. The predicted octanol–water partition coefficient (Wildman–Crippen LogP) is 3.10. The van der Waals surface area contributed by atoms with Gasteiger partial charge < -0.3 is 5.32 Å². The molecule has 1 amide bonds. The molecule has 0 unspecified atom stereocenters. The summed E-state index contributed by atoms with van der Waals surface area (Å²) in [5.41, 5.74) is -2.72. The molecule has 2 heterocycles. The summed E-state index contributed by atoms with van der Waals surface area (Å²) in [4.78, 5) is 30.0. The second-order valence-corrected chi connectivity index (χ2v) is 8.48. The molecule has 0 bridgehead atoms. The molecule has 148 valence electrons. The van der Waals surface area contributed by atoms with Gasteiger partial charge in [-0.3, -0.25) is 14.5 Å². The van der Waals surface area contributed by atoms with Gasteiger partial charge in [0.15, 0.2) is 11.2 Å². The lowest BCUT2D eigenvalue weighted by Crippen LogP contribution is -2.62. The fourth-order valence-electron chi connectivity index (χ4n) is 6.40. The first kappa shape index (κ1) is 17.8. The number of para-hydroxylation sites is 1. The molecular weight excluding hydrogens is 388 g/mol. The number of anilines is 1. The summed E-state index contributed by atoms with van der Waals surface area (Å²) in [7, 11) is 1.72. The van der Waals surface area contributed by atoms with Crippen molar-refractivity contribution in [2.45, 2.75) is 11.0 Å². The van der Waals surface area contributed by atoms with Crippen LogP contribution in [0.25, 0.3) is 10.8 Å². The summed E-state index contributed by atoms with van der Waals surface area (Å²) < 4.78 is 0. The van der Waals surface area contributed by atoms with E-state index in [1.165, 1.54) is 0 Å². The fraction of sp³-hybridized carbons (Fsp3) is 0.200. The number of carbonyl (C=O) groups excluding carboxylic acids is 2. The van der Waals surface area contributed by atoms with Crippen LogP contribution in [0.15, 0.2) is 60.7 Å². The molecule has 1 saturated heterocycles. The number of likely N-dealkylation sites (N-methyl/N-ethyl adjacent to an activating group) is 1. The number of ketones is 1. The molecule has 6 nitrogen and oxygen atoms in total. The van der Waals surface area contributed by atoms with Crippen LogP contribution in [-0.2, 0) is 15.7 Å². The van der Waals surface area contributed by atoms with E-state index in [0.29, 0.717) is 22.4 Å². The summed E-state index contributed by atoms with van der Waals surface area (Å²) in [5.74, 6) is -0.736. The Morgan fingerprint density at radius 3 is 2.35 bits per heavy atom. The van der Waals surface area contributed by atoms with E-state index >= 15 is 0 Å². The first-order valence-electron chi connectivity index (χ1n) is 10.0. The van der Waals surface area contributed by atoms with E-state index in [9.17, 15) is 20.1 Å². The lowest BCUT2D eigenvalue weighted by molar-refractivity contribution is -0.127. The second kappa shape index (κ2) is 5.37. The molecule has 2 atom stereocenters. The number of benzene rings is 3. The van der Waals surface area contributed by atoms with Crippen LogP contribution in [0.5, 0.6) is 0 Å². The number of amides is 1. The average Bonchev–Trinajstić information content (AvgIpc) is 3.33. The van der Waals surface area contributed by atoms with Crippen molar-refractivity contribution in [3.63, 3.8) is 0 Å². The maximum absolute atomic E-state index is 14.4. The van der Waals surface area contributed by atoms with Crippen LogP contribution in [0.2, 0.25) is 0 Å². The first-order chi connectivity index (χ1) is 15.0. The van der Waals surface area contributed by atoms with Crippen molar-refractivity contribution in [3.8, 4) is 12.1 Å².